The van der Waals surface area contributed by atoms with Gasteiger partial charge in [0, 0.05) is 11.4 Å². The SMILES string of the molecule is Cc1cc(Cl)ccc1OCCCC(=O)Nc1ccccc1F. The van der Waals surface area contributed by atoms with E-state index in [9.17, 15) is 9.18 Å². The van der Waals surface area contributed by atoms with Crippen molar-refractivity contribution in [2.24, 2.45) is 0 Å². The minimum Gasteiger partial charge on any atom is -0.493 e. The van der Waals surface area contributed by atoms with Gasteiger partial charge in [0.05, 0.1) is 12.3 Å². The van der Waals surface area contributed by atoms with Crippen LogP contribution in [0.1, 0.15) is 18.4 Å². The van der Waals surface area contributed by atoms with Crippen molar-refractivity contribution in [2.75, 3.05) is 11.9 Å². The molecule has 116 valence electrons. The molecule has 0 heterocycles. The van der Waals surface area contributed by atoms with Crippen LogP contribution in [0.4, 0.5) is 10.1 Å². The number of carbonyl (C=O) groups excluding carboxylic acids is 1. The number of nitrogens with one attached hydrogen (secondary N) is 1. The van der Waals surface area contributed by atoms with E-state index in [2.05, 4.69) is 5.32 Å². The molecular weight excluding hydrogens is 305 g/mol. The molecule has 0 saturated carbocycles. The topological polar surface area (TPSA) is 38.3 Å². The van der Waals surface area contributed by atoms with E-state index >= 15 is 0 Å². The van der Waals surface area contributed by atoms with Gasteiger partial charge in [0.15, 0.2) is 0 Å². The van der Waals surface area contributed by atoms with Gasteiger partial charge < -0.3 is 10.1 Å². The molecule has 2 rings (SSSR count). The number of carbonyl (C=O) groups is 1. The standard InChI is InChI=1S/C17H17ClFNO2/c1-12-11-13(18)8-9-16(12)22-10-4-7-17(21)20-15-6-3-2-5-14(15)19/h2-3,5-6,8-9,11H,4,7,10H2,1H3,(H,20,21). The Morgan fingerprint density at radius 2 is 2.05 bits per heavy atom. The van der Waals surface area contributed by atoms with Crippen LogP contribution in [0.25, 0.3) is 0 Å². The average molecular weight is 322 g/mol. The van der Waals surface area contributed by atoms with E-state index in [1.54, 1.807) is 24.3 Å². The fraction of sp³-hybridized carbons (Fsp3) is 0.235. The first-order chi connectivity index (χ1) is 10.6. The molecule has 0 aromatic heterocycles. The van der Waals surface area contributed by atoms with Crippen molar-refractivity contribution in [3.63, 3.8) is 0 Å². The van der Waals surface area contributed by atoms with Crippen molar-refractivity contribution in [1.82, 2.24) is 0 Å². The van der Waals surface area contributed by atoms with Crippen LogP contribution < -0.4 is 10.1 Å². The molecule has 0 unspecified atom stereocenters. The number of para-hydroxylation sites is 1. The molecule has 0 fully saturated rings. The first-order valence-corrected chi connectivity index (χ1v) is 7.37. The van der Waals surface area contributed by atoms with E-state index in [0.29, 0.717) is 18.1 Å². The van der Waals surface area contributed by atoms with Gasteiger partial charge in [0.25, 0.3) is 0 Å². The van der Waals surface area contributed by atoms with Crippen LogP contribution in [0.15, 0.2) is 42.5 Å². The van der Waals surface area contributed by atoms with Crippen molar-refractivity contribution in [3.05, 3.63) is 58.9 Å². The van der Waals surface area contributed by atoms with Gasteiger partial charge in [-0.1, -0.05) is 23.7 Å². The Balaban J connectivity index is 1.74. The minimum atomic E-state index is -0.441. The third kappa shape index (κ3) is 4.74. The molecule has 0 aliphatic rings. The molecule has 0 bridgehead atoms. The molecule has 2 aromatic carbocycles. The lowest BCUT2D eigenvalue weighted by Crippen LogP contribution is -2.13. The fourth-order valence-corrected chi connectivity index (χ4v) is 2.19. The van der Waals surface area contributed by atoms with Crippen LogP contribution in [0, 0.1) is 12.7 Å². The lowest BCUT2D eigenvalue weighted by atomic mass is 10.2. The molecule has 22 heavy (non-hydrogen) atoms. The summed E-state index contributed by atoms with van der Waals surface area (Å²) in [7, 11) is 0. The number of rotatable bonds is 6. The Labute approximate surface area is 134 Å². The van der Waals surface area contributed by atoms with Crippen LogP contribution in [0.5, 0.6) is 5.75 Å². The highest BCUT2D eigenvalue weighted by Gasteiger charge is 2.06. The van der Waals surface area contributed by atoms with Crippen molar-refractivity contribution in [3.8, 4) is 5.75 Å². The van der Waals surface area contributed by atoms with Crippen LogP contribution in [-0.2, 0) is 4.79 Å². The first kappa shape index (κ1) is 16.3. The number of anilines is 1. The summed E-state index contributed by atoms with van der Waals surface area (Å²) in [5, 5.41) is 3.20. The zero-order valence-electron chi connectivity index (χ0n) is 12.2. The summed E-state index contributed by atoms with van der Waals surface area (Å²) in [6, 6.07) is 11.5. The largest absolute Gasteiger partial charge is 0.493 e. The third-order valence-electron chi connectivity index (χ3n) is 3.09. The highest BCUT2D eigenvalue weighted by molar-refractivity contribution is 6.30. The highest BCUT2D eigenvalue weighted by Crippen LogP contribution is 2.22. The summed E-state index contributed by atoms with van der Waals surface area (Å²) in [6.07, 6.45) is 0.809. The lowest BCUT2D eigenvalue weighted by molar-refractivity contribution is -0.116. The van der Waals surface area contributed by atoms with Crippen LogP contribution in [0.3, 0.4) is 0 Å². The molecule has 0 aliphatic carbocycles. The van der Waals surface area contributed by atoms with Gasteiger partial charge in [-0.05, 0) is 49.2 Å². The fourth-order valence-electron chi connectivity index (χ4n) is 1.96. The lowest BCUT2D eigenvalue weighted by Gasteiger charge is -2.09. The van der Waals surface area contributed by atoms with E-state index in [1.165, 1.54) is 12.1 Å². The van der Waals surface area contributed by atoms with E-state index in [-0.39, 0.29) is 18.0 Å². The molecule has 0 aliphatic heterocycles. The number of hydrogen-bond acceptors (Lipinski definition) is 2. The van der Waals surface area contributed by atoms with Crippen molar-refractivity contribution in [2.45, 2.75) is 19.8 Å². The predicted octanol–water partition coefficient (Wildman–Crippen LogP) is 4.59. The Morgan fingerprint density at radius 3 is 2.77 bits per heavy atom. The van der Waals surface area contributed by atoms with Crippen molar-refractivity contribution >= 4 is 23.2 Å². The van der Waals surface area contributed by atoms with Crippen LogP contribution in [0.2, 0.25) is 5.02 Å². The molecule has 0 radical (unpaired) electrons. The van der Waals surface area contributed by atoms with E-state index in [0.717, 1.165) is 11.3 Å². The van der Waals surface area contributed by atoms with Crippen molar-refractivity contribution in [1.29, 1.82) is 0 Å². The molecule has 3 nitrogen and oxygen atoms in total. The van der Waals surface area contributed by atoms with Gasteiger partial charge in [-0.3, -0.25) is 4.79 Å². The number of amides is 1. The van der Waals surface area contributed by atoms with Gasteiger partial charge in [-0.15, -0.1) is 0 Å². The Kier molecular flexibility index (Phi) is 5.78. The number of halogens is 2. The Hall–Kier alpha value is -2.07. The molecule has 0 atom stereocenters. The maximum absolute atomic E-state index is 13.4. The van der Waals surface area contributed by atoms with Gasteiger partial charge >= 0.3 is 0 Å². The molecule has 2 aromatic rings. The van der Waals surface area contributed by atoms with Crippen molar-refractivity contribution < 1.29 is 13.9 Å². The van der Waals surface area contributed by atoms with E-state index < -0.39 is 5.82 Å². The second-order valence-corrected chi connectivity index (χ2v) is 5.33. The molecule has 0 spiro atoms. The van der Waals surface area contributed by atoms with Gasteiger partial charge in [-0.2, -0.15) is 0 Å². The molecule has 1 N–H and O–H groups in total. The number of ether oxygens (including phenoxy) is 1. The quantitative estimate of drug-likeness (QED) is 0.790. The summed E-state index contributed by atoms with van der Waals surface area (Å²) in [5.41, 5.74) is 1.14. The average Bonchev–Trinajstić information content (AvgIpc) is 2.48. The summed E-state index contributed by atoms with van der Waals surface area (Å²) in [6.45, 7) is 2.32. The number of benzene rings is 2. The summed E-state index contributed by atoms with van der Waals surface area (Å²) < 4.78 is 19.0. The monoisotopic (exact) mass is 321 g/mol. The summed E-state index contributed by atoms with van der Waals surface area (Å²) in [4.78, 5) is 11.7. The Morgan fingerprint density at radius 1 is 1.27 bits per heavy atom. The van der Waals surface area contributed by atoms with Gasteiger partial charge in [0.2, 0.25) is 5.91 Å². The summed E-state index contributed by atoms with van der Waals surface area (Å²) >= 11 is 5.87. The normalized spacial score (nSPS) is 10.3. The maximum Gasteiger partial charge on any atom is 0.224 e. The maximum atomic E-state index is 13.4. The second kappa shape index (κ2) is 7.80. The van der Waals surface area contributed by atoms with Crippen LogP contribution >= 0.6 is 11.6 Å². The molecule has 0 saturated heterocycles. The molecule has 1 amide bonds. The van der Waals surface area contributed by atoms with Gasteiger partial charge in [-0.25, -0.2) is 4.39 Å². The van der Waals surface area contributed by atoms with Crippen LogP contribution in [-0.4, -0.2) is 12.5 Å². The van der Waals surface area contributed by atoms with E-state index in [4.69, 9.17) is 16.3 Å². The second-order valence-electron chi connectivity index (χ2n) is 4.89. The smallest absolute Gasteiger partial charge is 0.224 e. The van der Waals surface area contributed by atoms with E-state index in [1.807, 2.05) is 13.0 Å². The third-order valence-corrected chi connectivity index (χ3v) is 3.33. The Bertz CT molecular complexity index is 661. The highest BCUT2D eigenvalue weighted by atomic mass is 35.5. The predicted molar refractivity (Wildman–Crippen MR) is 85.9 cm³/mol. The molecule has 5 heteroatoms. The zero-order chi connectivity index (χ0) is 15.9. The number of hydrogen-bond donors (Lipinski definition) is 1. The molecular formula is C17H17ClFNO2. The first-order valence-electron chi connectivity index (χ1n) is 6.99. The number of aryl methyl sites for hydroxylation is 1. The zero-order valence-corrected chi connectivity index (χ0v) is 13.0. The van der Waals surface area contributed by atoms with Gasteiger partial charge in [0.1, 0.15) is 11.6 Å². The minimum absolute atomic E-state index is 0.196. The summed E-state index contributed by atoms with van der Waals surface area (Å²) in [5.74, 6) is 0.0735.